The standard InChI is InChI=1S/C15H16N2O2/c1-9-12(10(2)17(3)13(9)15(16)19)14(18)11-7-5-4-6-8-11/h4-8H,1-3H3,(H2,16,19). The molecule has 2 aromatic rings. The van der Waals surface area contributed by atoms with E-state index in [2.05, 4.69) is 0 Å². The second-order valence-electron chi connectivity index (χ2n) is 4.55. The minimum absolute atomic E-state index is 0.0845. The van der Waals surface area contributed by atoms with Crippen LogP contribution in [0.5, 0.6) is 0 Å². The van der Waals surface area contributed by atoms with Crippen molar-refractivity contribution >= 4 is 11.7 Å². The number of primary amides is 1. The van der Waals surface area contributed by atoms with Gasteiger partial charge in [0.25, 0.3) is 5.91 Å². The van der Waals surface area contributed by atoms with Crippen molar-refractivity contribution in [1.82, 2.24) is 4.57 Å². The van der Waals surface area contributed by atoms with Gasteiger partial charge in [-0.15, -0.1) is 0 Å². The van der Waals surface area contributed by atoms with Gasteiger partial charge in [0.15, 0.2) is 5.78 Å². The number of hydrogen-bond donors (Lipinski definition) is 1. The molecule has 4 heteroatoms. The fourth-order valence-corrected chi connectivity index (χ4v) is 2.40. The van der Waals surface area contributed by atoms with Crippen LogP contribution in [0.15, 0.2) is 30.3 Å². The lowest BCUT2D eigenvalue weighted by atomic mass is 9.99. The Hall–Kier alpha value is -2.36. The van der Waals surface area contributed by atoms with Gasteiger partial charge < -0.3 is 10.3 Å². The number of nitrogens with zero attached hydrogens (tertiary/aromatic N) is 1. The van der Waals surface area contributed by atoms with Crippen molar-refractivity contribution in [2.24, 2.45) is 12.8 Å². The zero-order valence-corrected chi connectivity index (χ0v) is 11.2. The molecule has 0 atom stereocenters. The molecule has 0 bridgehead atoms. The van der Waals surface area contributed by atoms with Crippen molar-refractivity contribution in [3.63, 3.8) is 0 Å². The fourth-order valence-electron chi connectivity index (χ4n) is 2.40. The highest BCUT2D eigenvalue weighted by Gasteiger charge is 2.23. The van der Waals surface area contributed by atoms with E-state index in [-0.39, 0.29) is 5.78 Å². The molecule has 0 saturated carbocycles. The molecule has 1 amide bonds. The van der Waals surface area contributed by atoms with Crippen LogP contribution in [0.2, 0.25) is 0 Å². The minimum atomic E-state index is -0.518. The van der Waals surface area contributed by atoms with Gasteiger partial charge in [0.2, 0.25) is 0 Å². The Bertz CT molecular complexity index is 655. The maximum Gasteiger partial charge on any atom is 0.265 e. The number of hydrogen-bond acceptors (Lipinski definition) is 2. The number of rotatable bonds is 3. The average Bonchev–Trinajstić information content (AvgIpc) is 2.60. The molecule has 98 valence electrons. The number of aromatic nitrogens is 1. The van der Waals surface area contributed by atoms with Crippen LogP contribution in [0.4, 0.5) is 0 Å². The molecule has 4 nitrogen and oxygen atoms in total. The molecule has 0 radical (unpaired) electrons. The van der Waals surface area contributed by atoms with Crippen molar-refractivity contribution in [3.05, 3.63) is 58.4 Å². The Balaban J connectivity index is 2.62. The first kappa shape index (κ1) is 13.1. The van der Waals surface area contributed by atoms with Crippen LogP contribution in [-0.4, -0.2) is 16.3 Å². The molecule has 2 rings (SSSR count). The van der Waals surface area contributed by atoms with Crippen molar-refractivity contribution in [2.45, 2.75) is 13.8 Å². The number of ketones is 1. The molecular formula is C15H16N2O2. The largest absolute Gasteiger partial charge is 0.364 e. The van der Waals surface area contributed by atoms with Crippen molar-refractivity contribution in [1.29, 1.82) is 0 Å². The van der Waals surface area contributed by atoms with E-state index >= 15 is 0 Å². The first-order valence-electron chi connectivity index (χ1n) is 6.00. The van der Waals surface area contributed by atoms with Gasteiger partial charge in [-0.05, 0) is 19.4 Å². The fraction of sp³-hybridized carbons (Fsp3) is 0.200. The van der Waals surface area contributed by atoms with Gasteiger partial charge in [0, 0.05) is 23.9 Å². The summed E-state index contributed by atoms with van der Waals surface area (Å²) in [5.74, 6) is -0.603. The van der Waals surface area contributed by atoms with E-state index < -0.39 is 5.91 Å². The Labute approximate surface area is 111 Å². The third kappa shape index (κ3) is 2.05. The summed E-state index contributed by atoms with van der Waals surface area (Å²) in [6, 6.07) is 9.01. The van der Waals surface area contributed by atoms with E-state index in [4.69, 9.17) is 5.73 Å². The van der Waals surface area contributed by atoms with E-state index in [9.17, 15) is 9.59 Å². The zero-order valence-electron chi connectivity index (χ0n) is 11.2. The highest BCUT2D eigenvalue weighted by Crippen LogP contribution is 2.23. The molecule has 0 unspecified atom stereocenters. The molecule has 1 aromatic carbocycles. The Morgan fingerprint density at radius 3 is 2.16 bits per heavy atom. The smallest absolute Gasteiger partial charge is 0.265 e. The summed E-state index contributed by atoms with van der Waals surface area (Å²) in [6.45, 7) is 3.57. The second kappa shape index (κ2) is 4.72. The molecule has 0 saturated heterocycles. The summed E-state index contributed by atoms with van der Waals surface area (Å²) >= 11 is 0. The van der Waals surface area contributed by atoms with Gasteiger partial charge in [-0.25, -0.2) is 0 Å². The van der Waals surface area contributed by atoms with Crippen molar-refractivity contribution in [3.8, 4) is 0 Å². The lowest BCUT2D eigenvalue weighted by Crippen LogP contribution is -2.16. The molecule has 19 heavy (non-hydrogen) atoms. The first-order valence-corrected chi connectivity index (χ1v) is 6.00. The van der Waals surface area contributed by atoms with E-state index in [1.807, 2.05) is 25.1 Å². The van der Waals surface area contributed by atoms with Crippen molar-refractivity contribution < 1.29 is 9.59 Å². The Morgan fingerprint density at radius 2 is 1.68 bits per heavy atom. The normalized spacial score (nSPS) is 10.5. The molecule has 2 N–H and O–H groups in total. The van der Waals surface area contributed by atoms with Crippen LogP contribution < -0.4 is 5.73 Å². The van der Waals surface area contributed by atoms with Gasteiger partial charge >= 0.3 is 0 Å². The third-order valence-electron chi connectivity index (χ3n) is 3.43. The molecule has 0 aliphatic heterocycles. The summed E-state index contributed by atoms with van der Waals surface area (Å²) in [7, 11) is 1.74. The maximum absolute atomic E-state index is 12.5. The lowest BCUT2D eigenvalue weighted by molar-refractivity contribution is 0.0991. The minimum Gasteiger partial charge on any atom is -0.364 e. The SMILES string of the molecule is Cc1c(C(=O)c2ccccc2)c(C)n(C)c1C(N)=O. The van der Waals surface area contributed by atoms with Gasteiger partial charge in [-0.2, -0.15) is 0 Å². The number of carbonyl (C=O) groups excluding carboxylic acids is 2. The highest BCUT2D eigenvalue weighted by atomic mass is 16.1. The predicted molar refractivity (Wildman–Crippen MR) is 73.3 cm³/mol. The monoisotopic (exact) mass is 256 g/mol. The Morgan fingerprint density at radius 1 is 1.11 bits per heavy atom. The van der Waals surface area contributed by atoms with E-state index in [1.54, 1.807) is 30.7 Å². The summed E-state index contributed by atoms with van der Waals surface area (Å²) in [6.07, 6.45) is 0. The number of carbonyl (C=O) groups is 2. The van der Waals surface area contributed by atoms with Crippen molar-refractivity contribution in [2.75, 3.05) is 0 Å². The van der Waals surface area contributed by atoms with Gasteiger partial charge in [0.1, 0.15) is 5.69 Å². The molecule has 1 aromatic heterocycles. The van der Waals surface area contributed by atoms with Crippen LogP contribution in [-0.2, 0) is 7.05 Å². The third-order valence-corrected chi connectivity index (χ3v) is 3.43. The highest BCUT2D eigenvalue weighted by molar-refractivity contribution is 6.12. The van der Waals surface area contributed by atoms with Gasteiger partial charge in [-0.3, -0.25) is 9.59 Å². The van der Waals surface area contributed by atoms with Crippen LogP contribution in [0.3, 0.4) is 0 Å². The Kier molecular flexibility index (Phi) is 3.25. The molecule has 0 aliphatic rings. The number of nitrogens with two attached hydrogens (primary N) is 1. The first-order chi connectivity index (χ1) is 8.95. The van der Waals surface area contributed by atoms with Crippen LogP contribution >= 0.6 is 0 Å². The molecule has 1 heterocycles. The van der Waals surface area contributed by atoms with Crippen LogP contribution in [0, 0.1) is 13.8 Å². The maximum atomic E-state index is 12.5. The second-order valence-corrected chi connectivity index (χ2v) is 4.55. The van der Waals surface area contributed by atoms with Gasteiger partial charge in [-0.1, -0.05) is 30.3 Å². The molecule has 0 spiro atoms. The van der Waals surface area contributed by atoms with Crippen LogP contribution in [0.1, 0.15) is 37.7 Å². The lowest BCUT2D eigenvalue weighted by Gasteiger charge is -2.02. The molecule has 0 aliphatic carbocycles. The number of benzene rings is 1. The molecule has 0 fully saturated rings. The quantitative estimate of drug-likeness (QED) is 0.853. The average molecular weight is 256 g/mol. The zero-order chi connectivity index (χ0) is 14.2. The predicted octanol–water partition coefficient (Wildman–Crippen LogP) is 1.97. The topological polar surface area (TPSA) is 65.1 Å². The van der Waals surface area contributed by atoms with E-state index in [0.717, 1.165) is 5.69 Å². The summed E-state index contributed by atoms with van der Waals surface area (Å²) < 4.78 is 1.67. The summed E-state index contributed by atoms with van der Waals surface area (Å²) in [4.78, 5) is 24.0. The van der Waals surface area contributed by atoms with E-state index in [1.165, 1.54) is 0 Å². The number of amides is 1. The van der Waals surface area contributed by atoms with Crippen LogP contribution in [0.25, 0.3) is 0 Å². The van der Waals surface area contributed by atoms with Gasteiger partial charge in [0.05, 0.1) is 0 Å². The molecular weight excluding hydrogens is 240 g/mol. The summed E-state index contributed by atoms with van der Waals surface area (Å²) in [5.41, 5.74) is 8.31. The van der Waals surface area contributed by atoms with E-state index in [0.29, 0.717) is 22.4 Å². The summed E-state index contributed by atoms with van der Waals surface area (Å²) in [5, 5.41) is 0.